The molecular formula is C21H26O5. The number of ether oxygens (including phenoxy) is 1. The molecular weight excluding hydrogens is 332 g/mol. The van der Waals surface area contributed by atoms with Crippen LogP contribution in [-0.2, 0) is 23.9 Å². The van der Waals surface area contributed by atoms with Crippen LogP contribution in [0.1, 0.15) is 40.0 Å². The Bertz CT molecular complexity index is 752. The van der Waals surface area contributed by atoms with Gasteiger partial charge >= 0.3 is 5.97 Å². The maximum Gasteiger partial charge on any atom is 0.321 e. The lowest BCUT2D eigenvalue weighted by Gasteiger charge is -2.59. The average molecular weight is 358 g/mol. The Morgan fingerprint density at radius 3 is 2.38 bits per heavy atom. The predicted molar refractivity (Wildman–Crippen MR) is 92.9 cm³/mol. The first-order valence-electron chi connectivity index (χ1n) is 9.67. The van der Waals surface area contributed by atoms with Crippen molar-refractivity contribution in [1.29, 1.82) is 0 Å². The van der Waals surface area contributed by atoms with E-state index in [1.54, 1.807) is 0 Å². The van der Waals surface area contributed by atoms with Crippen molar-refractivity contribution in [3.63, 3.8) is 0 Å². The lowest BCUT2D eigenvalue weighted by molar-refractivity contribution is -0.195. The van der Waals surface area contributed by atoms with Crippen LogP contribution in [0.3, 0.4) is 0 Å². The van der Waals surface area contributed by atoms with E-state index < -0.39 is 40.5 Å². The Morgan fingerprint density at radius 1 is 1.12 bits per heavy atom. The molecule has 140 valence electrons. The molecule has 0 N–H and O–H groups in total. The van der Waals surface area contributed by atoms with Crippen molar-refractivity contribution in [2.45, 2.75) is 40.0 Å². The fourth-order valence-corrected chi connectivity index (χ4v) is 7.07. The van der Waals surface area contributed by atoms with E-state index in [4.69, 9.17) is 4.74 Å². The monoisotopic (exact) mass is 358 g/mol. The van der Waals surface area contributed by atoms with Gasteiger partial charge < -0.3 is 4.74 Å². The van der Waals surface area contributed by atoms with Crippen molar-refractivity contribution < 1.29 is 23.9 Å². The molecule has 2 unspecified atom stereocenters. The zero-order chi connectivity index (χ0) is 19.0. The molecule has 0 aromatic heterocycles. The summed E-state index contributed by atoms with van der Waals surface area (Å²) in [5.41, 5.74) is -2.60. The van der Waals surface area contributed by atoms with Gasteiger partial charge in [-0.05, 0) is 30.6 Å². The molecule has 26 heavy (non-hydrogen) atoms. The van der Waals surface area contributed by atoms with Gasteiger partial charge in [0.2, 0.25) is 0 Å². The lowest BCUT2D eigenvalue weighted by atomic mass is 9.39. The van der Waals surface area contributed by atoms with Crippen molar-refractivity contribution in [1.82, 2.24) is 0 Å². The Balaban J connectivity index is 2.01. The van der Waals surface area contributed by atoms with Crippen molar-refractivity contribution in [2.24, 2.45) is 46.3 Å². The molecule has 0 amide bonds. The Kier molecular flexibility index (Phi) is 3.64. The van der Waals surface area contributed by atoms with Crippen LogP contribution in [0.5, 0.6) is 0 Å². The van der Waals surface area contributed by atoms with E-state index >= 15 is 0 Å². The highest BCUT2D eigenvalue weighted by molar-refractivity contribution is 6.18. The number of hydrogen-bond donors (Lipinski definition) is 0. The molecule has 5 heteroatoms. The van der Waals surface area contributed by atoms with Crippen LogP contribution in [0.25, 0.3) is 0 Å². The largest absolute Gasteiger partial charge is 0.468 e. The van der Waals surface area contributed by atoms with E-state index in [1.807, 2.05) is 32.9 Å². The Hall–Kier alpha value is -1.78. The van der Waals surface area contributed by atoms with Crippen molar-refractivity contribution >= 4 is 23.3 Å². The first-order chi connectivity index (χ1) is 12.3. The zero-order valence-corrected chi connectivity index (χ0v) is 15.8. The number of hydrogen-bond acceptors (Lipinski definition) is 5. The normalized spacial score (nSPS) is 49.2. The second-order valence-corrected chi connectivity index (χ2v) is 8.64. The first-order valence-corrected chi connectivity index (χ1v) is 9.67. The minimum Gasteiger partial charge on any atom is -0.468 e. The number of allylic oxidation sites excluding steroid dienone is 2. The van der Waals surface area contributed by atoms with Crippen LogP contribution < -0.4 is 0 Å². The topological polar surface area (TPSA) is 77.5 Å². The Morgan fingerprint density at radius 2 is 1.77 bits per heavy atom. The van der Waals surface area contributed by atoms with Gasteiger partial charge in [-0.25, -0.2) is 0 Å². The summed E-state index contributed by atoms with van der Waals surface area (Å²) < 4.78 is 5.14. The van der Waals surface area contributed by atoms with Gasteiger partial charge in [-0.3, -0.25) is 19.2 Å². The van der Waals surface area contributed by atoms with Crippen LogP contribution in [-0.4, -0.2) is 30.4 Å². The summed E-state index contributed by atoms with van der Waals surface area (Å²) in [6.45, 7) is 5.64. The third-order valence-corrected chi connectivity index (χ3v) is 8.11. The molecule has 8 atom stereocenters. The van der Waals surface area contributed by atoms with Gasteiger partial charge in [0.1, 0.15) is 17.0 Å². The highest BCUT2D eigenvalue weighted by Gasteiger charge is 2.78. The number of fused-ring (bicyclic) bond motifs is 6. The van der Waals surface area contributed by atoms with Crippen LogP contribution in [0.4, 0.5) is 0 Å². The van der Waals surface area contributed by atoms with E-state index in [0.29, 0.717) is 19.3 Å². The molecule has 0 aromatic carbocycles. The molecule has 5 nitrogen and oxygen atoms in total. The molecule has 3 saturated carbocycles. The minimum atomic E-state index is -1.52. The van der Waals surface area contributed by atoms with Gasteiger partial charge in [0, 0.05) is 24.2 Å². The maximum absolute atomic E-state index is 13.9. The number of ketones is 3. The maximum atomic E-state index is 13.9. The van der Waals surface area contributed by atoms with Crippen molar-refractivity contribution in [3.05, 3.63) is 12.2 Å². The number of carbonyl (C=O) groups is 4. The van der Waals surface area contributed by atoms with Gasteiger partial charge in [0.15, 0.2) is 5.78 Å². The summed E-state index contributed by atoms with van der Waals surface area (Å²) in [6.07, 6.45) is 5.26. The smallest absolute Gasteiger partial charge is 0.321 e. The van der Waals surface area contributed by atoms with Gasteiger partial charge in [-0.1, -0.05) is 32.9 Å². The lowest BCUT2D eigenvalue weighted by Crippen LogP contribution is -2.71. The van der Waals surface area contributed by atoms with Crippen molar-refractivity contribution in [3.8, 4) is 0 Å². The molecule has 0 aromatic rings. The fraction of sp³-hybridized carbons (Fsp3) is 0.714. The van der Waals surface area contributed by atoms with E-state index in [2.05, 4.69) is 0 Å². The molecule has 0 saturated heterocycles. The summed E-state index contributed by atoms with van der Waals surface area (Å²) in [6, 6.07) is 0. The van der Waals surface area contributed by atoms with Crippen LogP contribution in [0.2, 0.25) is 0 Å². The second-order valence-electron chi connectivity index (χ2n) is 8.64. The molecule has 2 bridgehead atoms. The fourth-order valence-electron chi connectivity index (χ4n) is 7.07. The van der Waals surface area contributed by atoms with E-state index in [1.165, 1.54) is 7.11 Å². The Labute approximate surface area is 153 Å². The van der Waals surface area contributed by atoms with Crippen LogP contribution in [0.15, 0.2) is 12.2 Å². The first kappa shape index (κ1) is 17.6. The highest BCUT2D eigenvalue weighted by atomic mass is 16.5. The standard InChI is InChI=1S/C21H26O5/c1-5-20-10(2)6-7-11(3)21(20,19(25)26-4)18(24)16-13-8-12(9-14(13)22)15(16)17(20)23/h6-7,10-13,15-16H,5,8-9H2,1-4H3/t10-,11+,12-,13+,15?,16?,20-,21-/m0/s1. The molecule has 4 aliphatic carbocycles. The van der Waals surface area contributed by atoms with E-state index in [-0.39, 0.29) is 29.2 Å². The quantitative estimate of drug-likeness (QED) is 0.430. The summed E-state index contributed by atoms with van der Waals surface area (Å²) in [4.78, 5) is 53.3. The molecule has 0 radical (unpaired) electrons. The summed E-state index contributed by atoms with van der Waals surface area (Å²) in [5, 5.41) is 0. The predicted octanol–water partition coefficient (Wildman–Crippen LogP) is 2.38. The number of Topliss-reactive ketones (excluding diaryl/α,β-unsaturated/α-hetero) is 3. The molecule has 3 fully saturated rings. The van der Waals surface area contributed by atoms with Gasteiger partial charge in [-0.2, -0.15) is 0 Å². The van der Waals surface area contributed by atoms with Gasteiger partial charge in [0.05, 0.1) is 12.5 Å². The second kappa shape index (κ2) is 5.37. The van der Waals surface area contributed by atoms with Crippen LogP contribution >= 0.6 is 0 Å². The molecule has 0 aliphatic heterocycles. The zero-order valence-electron chi connectivity index (χ0n) is 15.8. The summed E-state index contributed by atoms with van der Waals surface area (Å²) in [7, 11) is 1.28. The third-order valence-electron chi connectivity index (χ3n) is 8.11. The number of methoxy groups -OCH3 is 1. The summed E-state index contributed by atoms with van der Waals surface area (Å²) in [5.74, 6) is -2.90. The highest BCUT2D eigenvalue weighted by Crippen LogP contribution is 2.68. The minimum absolute atomic E-state index is 0.0127. The van der Waals surface area contributed by atoms with E-state index in [0.717, 1.165) is 0 Å². The van der Waals surface area contributed by atoms with Gasteiger partial charge in [0.25, 0.3) is 0 Å². The number of esters is 1. The van der Waals surface area contributed by atoms with Crippen molar-refractivity contribution in [2.75, 3.05) is 7.11 Å². The average Bonchev–Trinajstić information content (AvgIpc) is 3.18. The molecule has 4 aliphatic rings. The molecule has 0 heterocycles. The number of carbonyl (C=O) groups excluding carboxylic acids is 4. The van der Waals surface area contributed by atoms with Gasteiger partial charge in [-0.15, -0.1) is 0 Å². The summed E-state index contributed by atoms with van der Waals surface area (Å²) >= 11 is 0. The van der Waals surface area contributed by atoms with Crippen LogP contribution in [0, 0.1) is 46.3 Å². The SMILES string of the molecule is CC[C@]12C(=O)C3C(C(=O)[C@]1(C(=O)OC)[C@H](C)C=C[C@@H]2C)[C@@H]1C[C@H]3CC1=O. The molecule has 4 rings (SSSR count). The molecule has 0 spiro atoms. The number of rotatable bonds is 2. The van der Waals surface area contributed by atoms with E-state index in [9.17, 15) is 19.2 Å². The third kappa shape index (κ3) is 1.59.